The summed E-state index contributed by atoms with van der Waals surface area (Å²) >= 11 is 0. The van der Waals surface area contributed by atoms with Gasteiger partial charge in [-0.1, -0.05) is 72.3 Å². The lowest BCUT2D eigenvalue weighted by molar-refractivity contribution is -0.121. The van der Waals surface area contributed by atoms with Crippen LogP contribution in [0.4, 0.5) is 0 Å². The third-order valence-electron chi connectivity index (χ3n) is 4.58. The number of rotatable bonds is 8. The van der Waals surface area contributed by atoms with E-state index in [1.807, 2.05) is 73.7 Å². The van der Waals surface area contributed by atoms with E-state index in [9.17, 15) is 4.79 Å². The van der Waals surface area contributed by atoms with Gasteiger partial charge in [0.1, 0.15) is 0 Å². The molecule has 0 aliphatic heterocycles. The molecule has 3 rings (SSSR count). The first kappa shape index (κ1) is 19.1. The summed E-state index contributed by atoms with van der Waals surface area (Å²) in [6.07, 6.45) is 0.0383. The van der Waals surface area contributed by atoms with Crippen LogP contribution in [0, 0.1) is 6.92 Å². The third-order valence-corrected chi connectivity index (χ3v) is 4.58. The first-order valence-electron chi connectivity index (χ1n) is 9.20. The van der Waals surface area contributed by atoms with Gasteiger partial charge in [-0.25, -0.2) is 0 Å². The van der Waals surface area contributed by atoms with Gasteiger partial charge in [0.15, 0.2) is 0 Å². The molecule has 0 radical (unpaired) electrons. The molecule has 0 aromatic heterocycles. The van der Waals surface area contributed by atoms with Crippen LogP contribution in [0.25, 0.3) is 10.8 Å². The number of nitrogens with one attached hydrogen (secondary N) is 1. The van der Waals surface area contributed by atoms with Crippen molar-refractivity contribution in [3.63, 3.8) is 0 Å². The Morgan fingerprint density at radius 1 is 1.04 bits per heavy atom. The molecule has 0 heterocycles. The first-order chi connectivity index (χ1) is 13.2. The third kappa shape index (κ3) is 5.16. The first-order valence-corrected chi connectivity index (χ1v) is 9.20. The van der Waals surface area contributed by atoms with E-state index in [1.54, 1.807) is 0 Å². The van der Waals surface area contributed by atoms with Crippen LogP contribution in [-0.2, 0) is 16.0 Å². The second kappa shape index (κ2) is 9.31. The van der Waals surface area contributed by atoms with Crippen molar-refractivity contribution < 1.29 is 14.6 Å². The number of carbonyl (C=O) groups is 1. The van der Waals surface area contributed by atoms with Gasteiger partial charge in [-0.05, 0) is 28.8 Å². The second-order valence-electron chi connectivity index (χ2n) is 6.61. The average molecular weight is 363 g/mol. The van der Waals surface area contributed by atoms with Gasteiger partial charge in [-0.2, -0.15) is 0 Å². The van der Waals surface area contributed by atoms with Gasteiger partial charge in [0.05, 0.1) is 25.7 Å². The summed E-state index contributed by atoms with van der Waals surface area (Å²) in [6.45, 7) is 2.58. The SMILES string of the molecule is Cc1ccc(C(CNC(=O)Cc2cccc3ccccc23)OCCO)cc1. The molecule has 1 unspecified atom stereocenters. The van der Waals surface area contributed by atoms with Crippen LogP contribution < -0.4 is 5.32 Å². The molecule has 0 saturated carbocycles. The molecule has 0 spiro atoms. The highest BCUT2D eigenvalue weighted by molar-refractivity contribution is 5.90. The summed E-state index contributed by atoms with van der Waals surface area (Å²) in [6, 6.07) is 22.1. The van der Waals surface area contributed by atoms with Gasteiger partial charge < -0.3 is 15.2 Å². The number of hydrogen-bond acceptors (Lipinski definition) is 3. The molecule has 4 nitrogen and oxygen atoms in total. The number of benzene rings is 3. The van der Waals surface area contributed by atoms with Gasteiger partial charge >= 0.3 is 0 Å². The Morgan fingerprint density at radius 3 is 2.56 bits per heavy atom. The maximum Gasteiger partial charge on any atom is 0.224 e. The Hall–Kier alpha value is -2.69. The van der Waals surface area contributed by atoms with Crippen molar-refractivity contribution >= 4 is 16.7 Å². The van der Waals surface area contributed by atoms with E-state index < -0.39 is 0 Å². The van der Waals surface area contributed by atoms with Crippen LogP contribution in [0.1, 0.15) is 22.8 Å². The fraction of sp³-hybridized carbons (Fsp3) is 0.261. The van der Waals surface area contributed by atoms with Crippen molar-refractivity contribution in [2.75, 3.05) is 19.8 Å². The van der Waals surface area contributed by atoms with Crippen molar-refractivity contribution in [3.8, 4) is 0 Å². The molecule has 3 aromatic rings. The smallest absolute Gasteiger partial charge is 0.224 e. The zero-order chi connectivity index (χ0) is 19.1. The molecule has 2 N–H and O–H groups in total. The Labute approximate surface area is 159 Å². The van der Waals surface area contributed by atoms with Crippen LogP contribution in [0.2, 0.25) is 0 Å². The predicted molar refractivity (Wildman–Crippen MR) is 108 cm³/mol. The summed E-state index contributed by atoms with van der Waals surface area (Å²) in [5.74, 6) is -0.0453. The number of fused-ring (bicyclic) bond motifs is 1. The molecule has 4 heteroatoms. The highest BCUT2D eigenvalue weighted by Crippen LogP contribution is 2.20. The summed E-state index contributed by atoms with van der Waals surface area (Å²) in [5.41, 5.74) is 3.16. The Morgan fingerprint density at radius 2 is 1.78 bits per heavy atom. The van der Waals surface area contributed by atoms with E-state index in [0.29, 0.717) is 13.0 Å². The number of aryl methyl sites for hydroxylation is 1. The lowest BCUT2D eigenvalue weighted by Crippen LogP contribution is -2.31. The van der Waals surface area contributed by atoms with Crippen LogP contribution in [0.3, 0.4) is 0 Å². The van der Waals surface area contributed by atoms with Crippen molar-refractivity contribution in [2.45, 2.75) is 19.4 Å². The van der Waals surface area contributed by atoms with Crippen molar-refractivity contribution in [3.05, 3.63) is 83.4 Å². The quantitative estimate of drug-likeness (QED) is 0.643. The van der Waals surface area contributed by atoms with Gasteiger partial charge in [-0.15, -0.1) is 0 Å². The molecule has 0 aliphatic rings. The molecule has 0 aliphatic carbocycles. The lowest BCUT2D eigenvalue weighted by atomic mass is 10.0. The molecule has 27 heavy (non-hydrogen) atoms. The normalized spacial score (nSPS) is 12.1. The topological polar surface area (TPSA) is 58.6 Å². The number of aliphatic hydroxyl groups excluding tert-OH is 1. The van der Waals surface area contributed by atoms with Crippen molar-refractivity contribution in [2.24, 2.45) is 0 Å². The fourth-order valence-corrected chi connectivity index (χ4v) is 3.14. The van der Waals surface area contributed by atoms with E-state index in [1.165, 1.54) is 5.56 Å². The zero-order valence-electron chi connectivity index (χ0n) is 15.5. The van der Waals surface area contributed by atoms with Gasteiger partial charge in [0, 0.05) is 6.54 Å². The maximum absolute atomic E-state index is 12.5. The van der Waals surface area contributed by atoms with Crippen LogP contribution >= 0.6 is 0 Å². The van der Waals surface area contributed by atoms with E-state index >= 15 is 0 Å². The summed E-state index contributed by atoms with van der Waals surface area (Å²) < 4.78 is 5.72. The summed E-state index contributed by atoms with van der Waals surface area (Å²) in [7, 11) is 0. The lowest BCUT2D eigenvalue weighted by Gasteiger charge is -2.19. The molecular formula is C23H25NO3. The van der Waals surface area contributed by atoms with Gasteiger partial charge in [0.25, 0.3) is 0 Å². The number of amides is 1. The minimum Gasteiger partial charge on any atom is -0.394 e. The van der Waals surface area contributed by atoms with Crippen LogP contribution in [0.15, 0.2) is 66.7 Å². The largest absolute Gasteiger partial charge is 0.394 e. The van der Waals surface area contributed by atoms with E-state index in [-0.39, 0.29) is 25.2 Å². The fourth-order valence-electron chi connectivity index (χ4n) is 3.14. The molecule has 1 atom stereocenters. The molecule has 140 valence electrons. The number of ether oxygens (including phenoxy) is 1. The zero-order valence-corrected chi connectivity index (χ0v) is 15.5. The van der Waals surface area contributed by atoms with Crippen molar-refractivity contribution in [1.29, 1.82) is 0 Å². The van der Waals surface area contributed by atoms with E-state index in [0.717, 1.165) is 21.9 Å². The van der Waals surface area contributed by atoms with Crippen LogP contribution in [0.5, 0.6) is 0 Å². The highest BCUT2D eigenvalue weighted by Gasteiger charge is 2.14. The Kier molecular flexibility index (Phi) is 6.58. The minimum atomic E-state index is -0.283. The van der Waals surface area contributed by atoms with Crippen molar-refractivity contribution in [1.82, 2.24) is 5.32 Å². The minimum absolute atomic E-state index is 0.0453. The number of carbonyl (C=O) groups excluding carboxylic acids is 1. The molecule has 3 aromatic carbocycles. The van der Waals surface area contributed by atoms with Gasteiger partial charge in [-0.3, -0.25) is 4.79 Å². The average Bonchev–Trinajstić information content (AvgIpc) is 2.69. The summed E-state index contributed by atoms with van der Waals surface area (Å²) in [4.78, 5) is 12.5. The Balaban J connectivity index is 1.65. The predicted octanol–water partition coefficient (Wildman–Crippen LogP) is 3.56. The molecule has 0 saturated heterocycles. The molecular weight excluding hydrogens is 338 g/mol. The maximum atomic E-state index is 12.5. The van der Waals surface area contributed by atoms with Gasteiger partial charge in [0.2, 0.25) is 5.91 Å². The van der Waals surface area contributed by atoms with E-state index in [4.69, 9.17) is 9.84 Å². The number of hydrogen-bond donors (Lipinski definition) is 2. The highest BCUT2D eigenvalue weighted by atomic mass is 16.5. The Bertz CT molecular complexity index is 884. The standard InChI is InChI=1S/C23H25NO3/c1-17-9-11-19(12-10-17)22(27-14-13-25)16-24-23(26)15-20-7-4-6-18-5-2-3-8-21(18)20/h2-12,22,25H,13-16H2,1H3,(H,24,26). The molecule has 0 fully saturated rings. The number of aliphatic hydroxyl groups is 1. The molecule has 1 amide bonds. The summed E-state index contributed by atoms with van der Waals surface area (Å²) in [5, 5.41) is 14.3. The van der Waals surface area contributed by atoms with E-state index in [2.05, 4.69) is 5.32 Å². The monoisotopic (exact) mass is 363 g/mol. The van der Waals surface area contributed by atoms with Crippen LogP contribution in [-0.4, -0.2) is 30.8 Å². The molecule has 0 bridgehead atoms. The second-order valence-corrected chi connectivity index (χ2v) is 6.61.